The van der Waals surface area contributed by atoms with E-state index in [0.29, 0.717) is 17.8 Å². The molecule has 6 nitrogen and oxygen atoms in total. The molecule has 0 radical (unpaired) electrons. The first-order valence-electron chi connectivity index (χ1n) is 5.96. The summed E-state index contributed by atoms with van der Waals surface area (Å²) in [6.45, 7) is 1.96. The lowest BCUT2D eigenvalue weighted by Crippen LogP contribution is -2.35. The monoisotopic (exact) mass is 285 g/mol. The van der Waals surface area contributed by atoms with Crippen molar-refractivity contribution in [2.75, 3.05) is 16.3 Å². The average Bonchev–Trinajstić information content (AvgIpc) is 2.30. The number of anilines is 2. The number of sulfonamides is 1. The molecule has 0 heterocycles. The van der Waals surface area contributed by atoms with Crippen LogP contribution in [-0.4, -0.2) is 26.6 Å². The summed E-state index contributed by atoms with van der Waals surface area (Å²) in [5, 5.41) is 2.68. The van der Waals surface area contributed by atoms with Gasteiger partial charge in [0, 0.05) is 11.4 Å². The number of rotatable bonds is 6. The molecule has 0 bridgehead atoms. The normalized spacial score (nSPS) is 12.8. The Hall–Kier alpha value is -1.60. The zero-order valence-electron chi connectivity index (χ0n) is 11.0. The fraction of sp³-hybridized carbons (Fsp3) is 0.417. The maximum Gasteiger partial charge on any atom is 0.241 e. The van der Waals surface area contributed by atoms with E-state index in [2.05, 4.69) is 10.0 Å². The lowest BCUT2D eigenvalue weighted by atomic mass is 10.1. The third-order valence-corrected chi connectivity index (χ3v) is 3.00. The molecule has 1 aromatic carbocycles. The molecule has 0 spiro atoms. The van der Waals surface area contributed by atoms with Gasteiger partial charge in [0.2, 0.25) is 15.9 Å². The summed E-state index contributed by atoms with van der Waals surface area (Å²) in [6.07, 6.45) is 2.54. The first-order chi connectivity index (χ1) is 8.81. The second-order valence-electron chi connectivity index (χ2n) is 4.34. The van der Waals surface area contributed by atoms with Crippen LogP contribution in [0.4, 0.5) is 11.4 Å². The molecule has 0 aromatic heterocycles. The van der Waals surface area contributed by atoms with Gasteiger partial charge in [-0.25, -0.2) is 8.42 Å². The number of benzene rings is 1. The SMILES string of the molecule is CCC[C@H](N)C(=O)Nc1ccc(NS(C)(=O)=O)cc1. The highest BCUT2D eigenvalue weighted by atomic mass is 32.2. The molecule has 7 heteroatoms. The van der Waals surface area contributed by atoms with Crippen LogP contribution in [0.1, 0.15) is 19.8 Å². The third kappa shape index (κ3) is 5.71. The van der Waals surface area contributed by atoms with Crippen LogP contribution in [0, 0.1) is 0 Å². The highest BCUT2D eigenvalue weighted by Gasteiger charge is 2.12. The topological polar surface area (TPSA) is 101 Å². The quantitative estimate of drug-likeness (QED) is 0.729. The fourth-order valence-corrected chi connectivity index (χ4v) is 2.08. The van der Waals surface area contributed by atoms with E-state index in [1.54, 1.807) is 24.3 Å². The zero-order chi connectivity index (χ0) is 14.5. The van der Waals surface area contributed by atoms with Gasteiger partial charge in [-0.05, 0) is 30.7 Å². The Balaban J connectivity index is 2.64. The first kappa shape index (κ1) is 15.5. The van der Waals surface area contributed by atoms with Gasteiger partial charge >= 0.3 is 0 Å². The Bertz CT molecular complexity index is 526. The van der Waals surface area contributed by atoms with Crippen molar-refractivity contribution in [2.24, 2.45) is 5.73 Å². The standard InChI is InChI=1S/C12H19N3O3S/c1-3-4-11(13)12(16)14-9-5-7-10(8-6-9)15-19(2,17)18/h5-8,11,15H,3-4,13H2,1-2H3,(H,14,16)/t11-/m0/s1. The van der Waals surface area contributed by atoms with E-state index in [-0.39, 0.29) is 5.91 Å². The molecule has 106 valence electrons. The Morgan fingerprint density at radius 3 is 2.26 bits per heavy atom. The molecule has 0 aliphatic carbocycles. The van der Waals surface area contributed by atoms with Crippen LogP contribution in [-0.2, 0) is 14.8 Å². The minimum absolute atomic E-state index is 0.245. The molecule has 1 atom stereocenters. The van der Waals surface area contributed by atoms with Gasteiger partial charge in [0.05, 0.1) is 12.3 Å². The molecule has 0 aliphatic rings. The summed E-state index contributed by atoms with van der Waals surface area (Å²) in [5.41, 5.74) is 6.71. The number of carbonyl (C=O) groups excluding carboxylic acids is 1. The highest BCUT2D eigenvalue weighted by molar-refractivity contribution is 7.92. The Labute approximate surface area is 113 Å². The van der Waals surface area contributed by atoms with Crippen molar-refractivity contribution in [1.29, 1.82) is 0 Å². The molecule has 1 rings (SSSR count). The maximum atomic E-state index is 11.7. The highest BCUT2D eigenvalue weighted by Crippen LogP contribution is 2.14. The Morgan fingerprint density at radius 2 is 1.79 bits per heavy atom. The predicted octanol–water partition coefficient (Wildman–Crippen LogP) is 1.12. The summed E-state index contributed by atoms with van der Waals surface area (Å²) in [5.74, 6) is -0.245. The van der Waals surface area contributed by atoms with Crippen LogP contribution < -0.4 is 15.8 Å². The van der Waals surface area contributed by atoms with Gasteiger partial charge in [0.25, 0.3) is 0 Å². The van der Waals surface area contributed by atoms with E-state index >= 15 is 0 Å². The number of nitrogens with two attached hydrogens (primary N) is 1. The van der Waals surface area contributed by atoms with Gasteiger partial charge in [-0.2, -0.15) is 0 Å². The van der Waals surface area contributed by atoms with Gasteiger partial charge in [-0.1, -0.05) is 13.3 Å². The molecule has 0 aliphatic heterocycles. The zero-order valence-corrected chi connectivity index (χ0v) is 11.8. The van der Waals surface area contributed by atoms with Crippen LogP contribution in [0.3, 0.4) is 0 Å². The summed E-state index contributed by atoms with van der Waals surface area (Å²) in [4.78, 5) is 11.7. The second kappa shape index (κ2) is 6.53. The van der Waals surface area contributed by atoms with Gasteiger partial charge in [0.15, 0.2) is 0 Å². The number of hydrogen-bond donors (Lipinski definition) is 3. The van der Waals surface area contributed by atoms with Crippen molar-refractivity contribution in [1.82, 2.24) is 0 Å². The minimum atomic E-state index is -3.29. The average molecular weight is 285 g/mol. The molecule has 4 N–H and O–H groups in total. The van der Waals surface area contributed by atoms with Gasteiger partial charge in [-0.15, -0.1) is 0 Å². The number of nitrogens with one attached hydrogen (secondary N) is 2. The summed E-state index contributed by atoms with van der Waals surface area (Å²) >= 11 is 0. The summed E-state index contributed by atoms with van der Waals surface area (Å²) < 4.78 is 24.4. The summed E-state index contributed by atoms with van der Waals surface area (Å²) in [7, 11) is -3.29. The largest absolute Gasteiger partial charge is 0.325 e. The van der Waals surface area contributed by atoms with E-state index in [1.165, 1.54) is 0 Å². The molecule has 19 heavy (non-hydrogen) atoms. The van der Waals surface area contributed by atoms with Crippen LogP contribution >= 0.6 is 0 Å². The van der Waals surface area contributed by atoms with Gasteiger partial charge < -0.3 is 11.1 Å². The molecule has 1 amide bonds. The van der Waals surface area contributed by atoms with Crippen molar-refractivity contribution in [3.63, 3.8) is 0 Å². The number of amides is 1. The van der Waals surface area contributed by atoms with Crippen molar-refractivity contribution >= 4 is 27.3 Å². The smallest absolute Gasteiger partial charge is 0.241 e. The molecule has 0 fully saturated rings. The van der Waals surface area contributed by atoms with Crippen LogP contribution in [0.15, 0.2) is 24.3 Å². The second-order valence-corrected chi connectivity index (χ2v) is 6.08. The van der Waals surface area contributed by atoms with Crippen molar-refractivity contribution in [2.45, 2.75) is 25.8 Å². The maximum absolute atomic E-state index is 11.7. The summed E-state index contributed by atoms with van der Waals surface area (Å²) in [6, 6.07) is 5.84. The molecular weight excluding hydrogens is 266 g/mol. The first-order valence-corrected chi connectivity index (χ1v) is 7.85. The van der Waals surface area contributed by atoms with E-state index in [4.69, 9.17) is 5.73 Å². The van der Waals surface area contributed by atoms with Crippen molar-refractivity contribution in [3.8, 4) is 0 Å². The van der Waals surface area contributed by atoms with Crippen LogP contribution in [0.2, 0.25) is 0 Å². The van der Waals surface area contributed by atoms with E-state index < -0.39 is 16.1 Å². The van der Waals surface area contributed by atoms with Gasteiger partial charge in [-0.3, -0.25) is 9.52 Å². The molecule has 1 aromatic rings. The van der Waals surface area contributed by atoms with E-state index in [0.717, 1.165) is 12.7 Å². The van der Waals surface area contributed by atoms with E-state index in [1.807, 2.05) is 6.92 Å². The van der Waals surface area contributed by atoms with Crippen molar-refractivity contribution in [3.05, 3.63) is 24.3 Å². The van der Waals surface area contributed by atoms with Gasteiger partial charge in [0.1, 0.15) is 0 Å². The Morgan fingerprint density at radius 1 is 1.26 bits per heavy atom. The van der Waals surface area contributed by atoms with E-state index in [9.17, 15) is 13.2 Å². The number of carbonyl (C=O) groups is 1. The Kier molecular flexibility index (Phi) is 5.31. The van der Waals surface area contributed by atoms with Crippen LogP contribution in [0.5, 0.6) is 0 Å². The lowest BCUT2D eigenvalue weighted by Gasteiger charge is -2.11. The number of hydrogen-bond acceptors (Lipinski definition) is 4. The minimum Gasteiger partial charge on any atom is -0.325 e. The van der Waals surface area contributed by atoms with Crippen LogP contribution in [0.25, 0.3) is 0 Å². The molecular formula is C12H19N3O3S. The third-order valence-electron chi connectivity index (χ3n) is 2.39. The molecule has 0 saturated heterocycles. The molecule has 0 saturated carbocycles. The fourth-order valence-electron chi connectivity index (χ4n) is 1.51. The van der Waals surface area contributed by atoms with Crippen molar-refractivity contribution < 1.29 is 13.2 Å². The predicted molar refractivity (Wildman–Crippen MR) is 76.4 cm³/mol. The lowest BCUT2D eigenvalue weighted by molar-refractivity contribution is -0.117. The molecule has 0 unspecified atom stereocenters.